The van der Waals surface area contributed by atoms with Crippen molar-refractivity contribution in [2.75, 3.05) is 26.7 Å². The van der Waals surface area contributed by atoms with Gasteiger partial charge < -0.3 is 32.3 Å². The fraction of sp³-hybridized carbons (Fsp3) is 0.478. The summed E-state index contributed by atoms with van der Waals surface area (Å²) in [6.07, 6.45) is 0.827. The second-order valence-corrected chi connectivity index (χ2v) is 8.18. The van der Waals surface area contributed by atoms with Crippen LogP contribution in [0, 0.1) is 0 Å². The molecule has 0 aliphatic carbocycles. The Labute approximate surface area is 215 Å². The molecule has 1 aromatic rings. The van der Waals surface area contributed by atoms with Gasteiger partial charge in [-0.15, -0.1) is 0 Å². The van der Waals surface area contributed by atoms with Crippen molar-refractivity contribution >= 4 is 35.5 Å². The Morgan fingerprint density at radius 2 is 1.65 bits per heavy atom. The highest BCUT2D eigenvalue weighted by atomic mass is 16.5. The van der Waals surface area contributed by atoms with Gasteiger partial charge in [0.1, 0.15) is 12.1 Å². The summed E-state index contributed by atoms with van der Waals surface area (Å²) in [5, 5.41) is 16.5. The molecule has 0 radical (unpaired) electrons. The summed E-state index contributed by atoms with van der Waals surface area (Å²) in [5.41, 5.74) is 12.8. The lowest BCUT2D eigenvalue weighted by molar-refractivity contribution is -0.139. The van der Waals surface area contributed by atoms with Gasteiger partial charge in [0.2, 0.25) is 23.6 Å². The predicted octanol–water partition coefficient (Wildman–Crippen LogP) is -2.26. The number of carbonyl (C=O) groups is 5. The Hall–Kier alpha value is -4.20. The Kier molecular flexibility index (Phi) is 13.7. The number of guanidine groups is 1. The third-order valence-electron chi connectivity index (χ3n) is 5.15. The van der Waals surface area contributed by atoms with Crippen LogP contribution in [0.4, 0.5) is 0 Å². The molecule has 14 heteroatoms. The van der Waals surface area contributed by atoms with Crippen LogP contribution in [0.1, 0.15) is 31.7 Å². The van der Waals surface area contributed by atoms with Gasteiger partial charge in [-0.05, 0) is 18.4 Å². The first-order valence-corrected chi connectivity index (χ1v) is 11.7. The van der Waals surface area contributed by atoms with Crippen LogP contribution in [-0.2, 0) is 30.4 Å². The van der Waals surface area contributed by atoms with Crippen molar-refractivity contribution in [3.05, 3.63) is 35.9 Å². The third-order valence-corrected chi connectivity index (χ3v) is 5.15. The first-order chi connectivity index (χ1) is 17.6. The van der Waals surface area contributed by atoms with E-state index in [0.29, 0.717) is 6.42 Å². The monoisotopic (exact) mass is 520 g/mol. The Bertz CT molecular complexity index is 952. The first-order valence-electron chi connectivity index (χ1n) is 11.7. The summed E-state index contributed by atoms with van der Waals surface area (Å²) in [6, 6.07) is 6.87. The fourth-order valence-electron chi connectivity index (χ4n) is 3.25. The van der Waals surface area contributed by atoms with Crippen LogP contribution in [0.5, 0.6) is 0 Å². The van der Waals surface area contributed by atoms with Gasteiger partial charge in [0.15, 0.2) is 5.96 Å². The molecule has 1 rings (SSSR count). The number of benzene rings is 1. The number of nitrogens with two attached hydrogens (primary N) is 2. The van der Waals surface area contributed by atoms with E-state index in [1.165, 1.54) is 12.5 Å². The number of hydrogen-bond acceptors (Lipinski definition) is 7. The molecule has 204 valence electrons. The largest absolute Gasteiger partial charge is 0.370 e. The molecule has 37 heavy (non-hydrogen) atoms. The molecule has 0 bridgehead atoms. The molecular formula is C23H36N8O6. The molecular weight excluding hydrogens is 484 g/mol. The van der Waals surface area contributed by atoms with Crippen molar-refractivity contribution in [3.63, 3.8) is 0 Å². The van der Waals surface area contributed by atoms with E-state index in [1.54, 1.807) is 31.2 Å². The molecule has 0 aliphatic heterocycles. The molecule has 0 saturated heterocycles. The molecule has 1 aromatic carbocycles. The molecule has 1 unspecified atom stereocenters. The number of nitrogens with zero attached hydrogens (tertiary/aromatic N) is 2. The van der Waals surface area contributed by atoms with E-state index in [1.807, 2.05) is 6.07 Å². The molecule has 9 N–H and O–H groups in total. The average molecular weight is 521 g/mol. The van der Waals surface area contributed by atoms with Gasteiger partial charge in [-0.25, -0.2) is 5.48 Å². The molecule has 0 aliphatic rings. The van der Waals surface area contributed by atoms with Gasteiger partial charge in [-0.2, -0.15) is 0 Å². The summed E-state index contributed by atoms with van der Waals surface area (Å²) >= 11 is 0. The topological polar surface area (TPSA) is 221 Å². The minimum Gasteiger partial charge on any atom is -0.370 e. The summed E-state index contributed by atoms with van der Waals surface area (Å²) in [7, 11) is 1.38. The first kappa shape index (κ1) is 30.8. The van der Waals surface area contributed by atoms with E-state index in [0.717, 1.165) is 10.5 Å². The van der Waals surface area contributed by atoms with Crippen molar-refractivity contribution in [2.24, 2.45) is 16.5 Å². The predicted molar refractivity (Wildman–Crippen MR) is 135 cm³/mol. The van der Waals surface area contributed by atoms with Crippen LogP contribution in [0.3, 0.4) is 0 Å². The van der Waals surface area contributed by atoms with Gasteiger partial charge >= 0.3 is 0 Å². The second-order valence-electron chi connectivity index (χ2n) is 8.18. The molecule has 5 amide bonds. The average Bonchev–Trinajstić information content (AvgIpc) is 2.87. The lowest BCUT2D eigenvalue weighted by Crippen LogP contribution is -2.54. The second kappa shape index (κ2) is 16.5. The van der Waals surface area contributed by atoms with E-state index in [-0.39, 0.29) is 44.2 Å². The number of hydroxylamine groups is 1. The Morgan fingerprint density at radius 3 is 2.24 bits per heavy atom. The minimum atomic E-state index is -1.09. The van der Waals surface area contributed by atoms with Gasteiger partial charge in [0.05, 0.1) is 13.1 Å². The summed E-state index contributed by atoms with van der Waals surface area (Å²) in [4.78, 5) is 66.4. The normalized spacial score (nSPS) is 11.9. The van der Waals surface area contributed by atoms with Gasteiger partial charge in [0.25, 0.3) is 5.91 Å². The van der Waals surface area contributed by atoms with Crippen molar-refractivity contribution < 1.29 is 29.2 Å². The van der Waals surface area contributed by atoms with E-state index in [4.69, 9.17) is 16.7 Å². The maximum atomic E-state index is 13.1. The molecule has 2 atom stereocenters. The highest BCUT2D eigenvalue weighted by Crippen LogP contribution is 2.06. The number of likely N-dealkylation sites (N-methyl/N-ethyl adjacent to an activating group) is 1. The van der Waals surface area contributed by atoms with E-state index in [9.17, 15) is 24.0 Å². The number of aliphatic imine (C=N–C) groups is 1. The molecule has 0 saturated carbocycles. The van der Waals surface area contributed by atoms with E-state index in [2.05, 4.69) is 20.9 Å². The van der Waals surface area contributed by atoms with Crippen LogP contribution >= 0.6 is 0 Å². The maximum Gasteiger partial charge on any atom is 0.265 e. The number of nitrogens with one attached hydrogen (secondary N) is 4. The molecule has 0 heterocycles. The van der Waals surface area contributed by atoms with Gasteiger partial charge in [0, 0.05) is 26.4 Å². The van der Waals surface area contributed by atoms with E-state index >= 15 is 0 Å². The van der Waals surface area contributed by atoms with Crippen LogP contribution < -0.4 is 32.9 Å². The number of hydrogen-bond donors (Lipinski definition) is 7. The Balaban J connectivity index is 2.84. The fourth-order valence-corrected chi connectivity index (χ4v) is 3.25. The summed E-state index contributed by atoms with van der Waals surface area (Å²) in [6.45, 7) is 1.14. The van der Waals surface area contributed by atoms with Crippen LogP contribution in [0.25, 0.3) is 0 Å². The molecule has 14 nitrogen and oxygen atoms in total. The number of rotatable bonds is 15. The lowest BCUT2D eigenvalue weighted by Gasteiger charge is -2.25. The minimum absolute atomic E-state index is 0.114. The standard InChI is InChI=1S/C23H36N8O6/c1-3-18(32)27-13-19(33)29-17(12-15-8-5-4-6-9-15)22(36)31(2)14-20(34)28-16(21(35)30-37)10-7-11-26-23(24)25/h4-6,8-9,16-17,37H,3,7,10-14H2,1-2H3,(H,27,32)(H,28,34)(H,29,33)(H,30,35)(H4,24,25,26)/t16?,17-/m1/s1. The van der Waals surface area contributed by atoms with Gasteiger partial charge in [-0.3, -0.25) is 34.2 Å². The summed E-state index contributed by atoms with van der Waals surface area (Å²) < 4.78 is 0. The number of amides is 5. The van der Waals surface area contributed by atoms with Crippen molar-refractivity contribution in [3.8, 4) is 0 Å². The van der Waals surface area contributed by atoms with Crippen LogP contribution in [-0.4, -0.2) is 84.4 Å². The summed E-state index contributed by atoms with van der Waals surface area (Å²) in [5.74, 6) is -3.03. The zero-order chi connectivity index (χ0) is 27.8. The third kappa shape index (κ3) is 12.4. The van der Waals surface area contributed by atoms with E-state index < -0.39 is 42.3 Å². The molecule has 0 fully saturated rings. The highest BCUT2D eigenvalue weighted by molar-refractivity contribution is 5.93. The van der Waals surface area contributed by atoms with Crippen molar-refractivity contribution in [1.82, 2.24) is 26.3 Å². The van der Waals surface area contributed by atoms with Crippen LogP contribution in [0.15, 0.2) is 35.3 Å². The Morgan fingerprint density at radius 1 is 1.00 bits per heavy atom. The van der Waals surface area contributed by atoms with Gasteiger partial charge in [-0.1, -0.05) is 37.3 Å². The van der Waals surface area contributed by atoms with Crippen molar-refractivity contribution in [2.45, 2.75) is 44.7 Å². The molecule has 0 spiro atoms. The highest BCUT2D eigenvalue weighted by Gasteiger charge is 2.27. The quantitative estimate of drug-likeness (QED) is 0.0438. The zero-order valence-electron chi connectivity index (χ0n) is 21.0. The number of carbonyl (C=O) groups excluding carboxylic acids is 5. The lowest BCUT2D eigenvalue weighted by atomic mass is 10.0. The molecule has 0 aromatic heterocycles. The maximum absolute atomic E-state index is 13.1. The van der Waals surface area contributed by atoms with Crippen LogP contribution in [0.2, 0.25) is 0 Å². The SMILES string of the molecule is CCC(=O)NCC(=O)N[C@H](Cc1ccccc1)C(=O)N(C)CC(=O)NC(CCCN=C(N)N)C(=O)NO. The smallest absolute Gasteiger partial charge is 0.265 e. The zero-order valence-corrected chi connectivity index (χ0v) is 21.0. The van der Waals surface area contributed by atoms with Crippen molar-refractivity contribution in [1.29, 1.82) is 0 Å².